The van der Waals surface area contributed by atoms with E-state index in [9.17, 15) is 0 Å². The second-order valence-corrected chi connectivity index (χ2v) is 13.4. The summed E-state index contributed by atoms with van der Waals surface area (Å²) in [5.74, 6) is 0. The molecule has 0 bridgehead atoms. The first-order valence-corrected chi connectivity index (χ1v) is 15.3. The Kier molecular flexibility index (Phi) is 3.69. The molecule has 10 rings (SSSR count). The van der Waals surface area contributed by atoms with Crippen molar-refractivity contribution in [2.24, 2.45) is 0 Å². The van der Waals surface area contributed by atoms with Crippen molar-refractivity contribution in [1.82, 2.24) is 8.74 Å². The van der Waals surface area contributed by atoms with Crippen LogP contribution >= 0.6 is 7.29 Å². The van der Waals surface area contributed by atoms with E-state index in [0.717, 1.165) is 60.0 Å². The zero-order valence-electron chi connectivity index (χ0n) is 21.4. The molecule has 4 heterocycles. The van der Waals surface area contributed by atoms with Gasteiger partial charge in [-0.15, -0.1) is 0 Å². The number of aromatic nitrogens is 2. The van der Waals surface area contributed by atoms with Gasteiger partial charge in [0.05, 0.1) is 32.9 Å². The van der Waals surface area contributed by atoms with Crippen molar-refractivity contribution in [3.05, 3.63) is 127 Å². The molecule has 0 spiro atoms. The maximum Gasteiger partial charge on any atom is 0.236 e. The van der Waals surface area contributed by atoms with Gasteiger partial charge in [0.25, 0.3) is 0 Å². The van der Waals surface area contributed by atoms with Gasteiger partial charge in [-0.1, -0.05) is 103 Å². The second kappa shape index (κ2) is 7.01. The molecule has 9 aromatic rings. The Bertz CT molecular complexity index is 2550. The van der Waals surface area contributed by atoms with Crippen LogP contribution in [0.3, 0.4) is 0 Å². The topological polar surface area (TPSA) is 26.4 Å². The van der Waals surface area contributed by atoms with Crippen molar-refractivity contribution < 1.29 is 4.57 Å². The molecule has 0 N–H and O–H groups in total. The minimum absolute atomic E-state index is 0.846. The first-order chi connectivity index (χ1) is 19.7. The lowest BCUT2D eigenvalue weighted by atomic mass is 10.1. The minimum atomic E-state index is -3.37. The van der Waals surface area contributed by atoms with Crippen LogP contribution in [-0.4, -0.2) is 8.74 Å². The van der Waals surface area contributed by atoms with Crippen LogP contribution in [0.15, 0.2) is 127 Å². The van der Waals surface area contributed by atoms with Gasteiger partial charge in [-0.25, -0.2) is 0 Å². The van der Waals surface area contributed by atoms with Gasteiger partial charge in [0.2, 0.25) is 7.29 Å². The van der Waals surface area contributed by atoms with Gasteiger partial charge in [-0.2, -0.15) is 0 Å². The van der Waals surface area contributed by atoms with Gasteiger partial charge in [0.1, 0.15) is 0 Å². The van der Waals surface area contributed by atoms with E-state index >= 15 is 4.57 Å². The summed E-state index contributed by atoms with van der Waals surface area (Å²) < 4.78 is 20.9. The minimum Gasteiger partial charge on any atom is -0.305 e. The molecule has 0 fully saturated rings. The highest BCUT2D eigenvalue weighted by Crippen LogP contribution is 2.57. The Balaban J connectivity index is 1.46. The Morgan fingerprint density at radius 3 is 1.77 bits per heavy atom. The third-order valence-electron chi connectivity index (χ3n) is 9.02. The molecular formula is C36H21N2OP. The van der Waals surface area contributed by atoms with Crippen LogP contribution in [0.5, 0.6) is 0 Å². The molecule has 1 aliphatic heterocycles. The van der Waals surface area contributed by atoms with Crippen molar-refractivity contribution in [2.75, 3.05) is 0 Å². The molecule has 0 amide bonds. The number of benzene rings is 6. The zero-order chi connectivity index (χ0) is 26.2. The number of fused-ring (bicyclic) bond motifs is 5. The van der Waals surface area contributed by atoms with Crippen LogP contribution in [0, 0.1) is 0 Å². The van der Waals surface area contributed by atoms with Crippen LogP contribution in [0.25, 0.3) is 71.0 Å². The molecule has 0 aliphatic carbocycles. The van der Waals surface area contributed by atoms with E-state index in [2.05, 4.69) is 130 Å². The van der Waals surface area contributed by atoms with Crippen molar-refractivity contribution in [1.29, 1.82) is 0 Å². The summed E-state index contributed by atoms with van der Waals surface area (Å²) in [6.07, 6.45) is 0. The largest absolute Gasteiger partial charge is 0.305 e. The molecule has 186 valence electrons. The molecular weight excluding hydrogens is 507 g/mol. The lowest BCUT2D eigenvalue weighted by Crippen LogP contribution is -2.22. The van der Waals surface area contributed by atoms with Gasteiger partial charge in [-0.05, 0) is 35.4 Å². The third-order valence-corrected chi connectivity index (χ3v) is 12.0. The molecule has 1 aliphatic rings. The summed E-state index contributed by atoms with van der Waals surface area (Å²) in [4.78, 5) is 0. The van der Waals surface area contributed by atoms with E-state index in [1.54, 1.807) is 0 Å². The third kappa shape index (κ3) is 2.26. The fourth-order valence-corrected chi connectivity index (χ4v) is 10.4. The first-order valence-electron chi connectivity index (χ1n) is 13.7. The normalized spacial score (nSPS) is 16.7. The Labute approximate surface area is 229 Å². The average Bonchev–Trinajstić information content (AvgIpc) is 3.64. The van der Waals surface area contributed by atoms with Crippen LogP contribution in [-0.2, 0) is 4.57 Å². The molecule has 3 aromatic heterocycles. The van der Waals surface area contributed by atoms with Gasteiger partial charge in [0.15, 0.2) is 0 Å². The SMILES string of the molecule is O=P1(c2ccc(-c3ccccc3)cc2)c2cccc3c4cccc5c6ccc7c8ccccc8n1c7c6n(c23)c45. The summed E-state index contributed by atoms with van der Waals surface area (Å²) >= 11 is 0. The van der Waals surface area contributed by atoms with Gasteiger partial charge in [0, 0.05) is 37.6 Å². The number of para-hydroxylation sites is 3. The predicted octanol–water partition coefficient (Wildman–Crippen LogP) is 8.70. The maximum atomic E-state index is 16.2. The average molecular weight is 529 g/mol. The highest BCUT2D eigenvalue weighted by Gasteiger charge is 2.39. The fraction of sp³-hybridized carbons (Fsp3) is 0. The van der Waals surface area contributed by atoms with Crippen LogP contribution in [0.2, 0.25) is 0 Å². The van der Waals surface area contributed by atoms with Gasteiger partial charge in [-0.3, -0.25) is 8.90 Å². The molecule has 6 aromatic carbocycles. The first kappa shape index (κ1) is 21.0. The van der Waals surface area contributed by atoms with E-state index in [0.29, 0.717) is 0 Å². The Morgan fingerprint density at radius 2 is 1.00 bits per heavy atom. The monoisotopic (exact) mass is 528 g/mol. The molecule has 1 unspecified atom stereocenters. The summed E-state index contributed by atoms with van der Waals surface area (Å²) in [7, 11) is -3.37. The summed E-state index contributed by atoms with van der Waals surface area (Å²) in [5.41, 5.74) is 7.78. The van der Waals surface area contributed by atoms with Gasteiger partial charge >= 0.3 is 0 Å². The Morgan fingerprint density at radius 1 is 0.425 bits per heavy atom. The number of nitrogens with zero attached hydrogens (tertiary/aromatic N) is 2. The quantitative estimate of drug-likeness (QED) is 0.206. The molecule has 3 nitrogen and oxygen atoms in total. The lowest BCUT2D eigenvalue weighted by molar-refractivity contribution is 0.584. The van der Waals surface area contributed by atoms with Crippen molar-refractivity contribution >= 4 is 77.8 Å². The molecule has 0 saturated heterocycles. The van der Waals surface area contributed by atoms with E-state index in [4.69, 9.17) is 0 Å². The molecule has 0 radical (unpaired) electrons. The lowest BCUT2D eigenvalue weighted by Gasteiger charge is -2.23. The van der Waals surface area contributed by atoms with E-state index in [1.165, 1.54) is 21.7 Å². The zero-order valence-corrected chi connectivity index (χ0v) is 22.3. The Hall–Kier alpha value is -4.85. The van der Waals surface area contributed by atoms with Gasteiger partial charge < -0.3 is 4.40 Å². The molecule has 1 atom stereocenters. The fourth-order valence-electron chi connectivity index (χ4n) is 7.39. The standard InChI is InChI=1S/C36H21N2OP/c39-40(24-18-16-23(17-19-24)22-8-2-1-3-9-22)32-15-7-13-28-26-11-6-12-27-30-21-20-29-25-10-4-5-14-31(25)38(40)36(29)35(30)37(33(26)27)34(28)32/h1-21H. The molecule has 40 heavy (non-hydrogen) atoms. The number of hydrogen-bond donors (Lipinski definition) is 0. The van der Waals surface area contributed by atoms with Crippen molar-refractivity contribution in [3.8, 4) is 11.1 Å². The van der Waals surface area contributed by atoms with Crippen LogP contribution in [0.4, 0.5) is 0 Å². The number of hydrogen-bond acceptors (Lipinski definition) is 1. The highest BCUT2D eigenvalue weighted by molar-refractivity contribution is 7.78. The smallest absolute Gasteiger partial charge is 0.236 e. The van der Waals surface area contributed by atoms with Crippen LogP contribution < -0.4 is 10.6 Å². The van der Waals surface area contributed by atoms with Crippen LogP contribution in [0.1, 0.15) is 0 Å². The number of rotatable bonds is 2. The summed E-state index contributed by atoms with van der Waals surface area (Å²) in [6.45, 7) is 0. The summed E-state index contributed by atoms with van der Waals surface area (Å²) in [5, 5.41) is 8.86. The second-order valence-electron chi connectivity index (χ2n) is 10.9. The highest BCUT2D eigenvalue weighted by atomic mass is 31.2. The molecule has 0 saturated carbocycles. The van der Waals surface area contributed by atoms with E-state index in [-0.39, 0.29) is 0 Å². The van der Waals surface area contributed by atoms with Crippen molar-refractivity contribution in [2.45, 2.75) is 0 Å². The van der Waals surface area contributed by atoms with E-state index < -0.39 is 7.29 Å². The van der Waals surface area contributed by atoms with Crippen molar-refractivity contribution in [3.63, 3.8) is 0 Å². The molecule has 4 heteroatoms. The predicted molar refractivity (Wildman–Crippen MR) is 168 cm³/mol. The van der Waals surface area contributed by atoms with E-state index in [1.807, 2.05) is 6.07 Å². The maximum absolute atomic E-state index is 16.2. The summed E-state index contributed by atoms with van der Waals surface area (Å²) in [6, 6.07) is 44.7.